The van der Waals surface area contributed by atoms with Crippen LogP contribution < -0.4 is 0 Å². The molecule has 1 aliphatic carbocycles. The standard InChI is InChI=1S/C13H13.2ClH.Hf/c1-10-8-11(2)13(9-10)12-6-4-3-5-7-12;;;/h3-7,9-10H,1-2H3;2*1H;/q-1;;;. The Labute approximate surface area is 129 Å². The maximum atomic E-state index is 3.39. The summed E-state index contributed by atoms with van der Waals surface area (Å²) in [5.74, 6) is 0.468. The van der Waals surface area contributed by atoms with Crippen molar-refractivity contribution < 1.29 is 25.8 Å². The molecule has 1 unspecified atom stereocenters. The molecule has 1 aromatic rings. The number of rotatable bonds is 1. The van der Waals surface area contributed by atoms with Gasteiger partial charge in [0.05, 0.1) is 0 Å². The fourth-order valence-electron chi connectivity index (χ4n) is 1.77. The average molecular weight is 421 g/mol. The Morgan fingerprint density at radius 3 is 2.06 bits per heavy atom. The summed E-state index contributed by atoms with van der Waals surface area (Å²) in [5.41, 5.74) is 3.92. The van der Waals surface area contributed by atoms with E-state index in [2.05, 4.69) is 50.3 Å². The molecule has 3 heteroatoms. The van der Waals surface area contributed by atoms with Crippen LogP contribution in [0.25, 0.3) is 5.57 Å². The molecule has 0 spiro atoms. The second-order valence-electron chi connectivity index (χ2n) is 3.50. The van der Waals surface area contributed by atoms with Crippen molar-refractivity contribution in [1.82, 2.24) is 0 Å². The van der Waals surface area contributed by atoms with Crippen molar-refractivity contribution in [3.05, 3.63) is 53.6 Å². The van der Waals surface area contributed by atoms with Crippen LogP contribution in [0.5, 0.6) is 0 Å². The van der Waals surface area contributed by atoms with Crippen LogP contribution in [-0.2, 0) is 25.8 Å². The van der Waals surface area contributed by atoms with Gasteiger partial charge in [-0.3, -0.25) is 6.08 Å². The van der Waals surface area contributed by atoms with Crippen molar-refractivity contribution in [1.29, 1.82) is 0 Å². The van der Waals surface area contributed by atoms with Gasteiger partial charge in [-0.25, -0.2) is 5.57 Å². The van der Waals surface area contributed by atoms with Crippen molar-refractivity contribution in [2.45, 2.75) is 13.8 Å². The number of hydrogen-bond acceptors (Lipinski definition) is 0. The second kappa shape index (κ2) is 8.27. The monoisotopic (exact) mass is 421 g/mol. The van der Waals surface area contributed by atoms with Crippen LogP contribution >= 0.6 is 24.8 Å². The van der Waals surface area contributed by atoms with E-state index in [4.69, 9.17) is 0 Å². The number of benzene rings is 1. The molecular weight excluding hydrogens is 406 g/mol. The Morgan fingerprint density at radius 2 is 1.62 bits per heavy atom. The van der Waals surface area contributed by atoms with E-state index in [0.717, 1.165) is 0 Å². The zero-order chi connectivity index (χ0) is 9.26. The van der Waals surface area contributed by atoms with Crippen molar-refractivity contribution in [3.8, 4) is 0 Å². The fourth-order valence-corrected chi connectivity index (χ4v) is 1.77. The third kappa shape index (κ3) is 4.20. The fraction of sp³-hybridized carbons (Fsp3) is 0.231. The van der Waals surface area contributed by atoms with Crippen molar-refractivity contribution in [3.63, 3.8) is 0 Å². The summed E-state index contributed by atoms with van der Waals surface area (Å²) in [6.07, 6.45) is 5.66. The van der Waals surface area contributed by atoms with Gasteiger partial charge in [0.15, 0.2) is 0 Å². The molecule has 0 nitrogen and oxygen atoms in total. The minimum Gasteiger partial charge on any atom is -0.266 e. The molecule has 0 bridgehead atoms. The molecule has 1 aliphatic rings. The van der Waals surface area contributed by atoms with Crippen LogP contribution in [0.1, 0.15) is 19.4 Å². The molecule has 0 fully saturated rings. The van der Waals surface area contributed by atoms with Crippen LogP contribution in [-0.4, -0.2) is 0 Å². The zero-order valence-corrected chi connectivity index (χ0v) is 14.6. The number of allylic oxidation sites excluding steroid dienone is 4. The summed E-state index contributed by atoms with van der Waals surface area (Å²) in [5, 5.41) is 0. The van der Waals surface area contributed by atoms with Gasteiger partial charge in [0, 0.05) is 25.8 Å². The summed E-state index contributed by atoms with van der Waals surface area (Å²) in [6, 6.07) is 10.5. The third-order valence-electron chi connectivity index (χ3n) is 2.35. The van der Waals surface area contributed by atoms with Crippen LogP contribution in [0.15, 0.2) is 42.0 Å². The Morgan fingerprint density at radius 1 is 1.06 bits per heavy atom. The van der Waals surface area contributed by atoms with E-state index in [1.54, 1.807) is 0 Å². The molecule has 0 radical (unpaired) electrons. The molecule has 1 atom stereocenters. The van der Waals surface area contributed by atoms with E-state index in [9.17, 15) is 0 Å². The summed E-state index contributed by atoms with van der Waals surface area (Å²) in [6.45, 7) is 4.29. The van der Waals surface area contributed by atoms with Gasteiger partial charge in [-0.15, -0.1) is 30.4 Å². The van der Waals surface area contributed by atoms with Gasteiger partial charge < -0.3 is 0 Å². The van der Waals surface area contributed by atoms with E-state index in [1.807, 2.05) is 6.07 Å². The molecule has 1 aromatic carbocycles. The maximum absolute atomic E-state index is 3.39. The normalized spacial score (nSPS) is 17.2. The zero-order valence-electron chi connectivity index (χ0n) is 9.36. The molecule has 16 heavy (non-hydrogen) atoms. The van der Waals surface area contributed by atoms with Crippen molar-refractivity contribution in [2.24, 2.45) is 5.92 Å². The molecule has 0 saturated heterocycles. The molecule has 0 N–H and O–H groups in total. The van der Waals surface area contributed by atoms with E-state index < -0.39 is 0 Å². The largest absolute Gasteiger partial charge is 0.266 e. The van der Waals surface area contributed by atoms with Gasteiger partial charge in [0.2, 0.25) is 0 Å². The first-order chi connectivity index (χ1) is 6.27. The maximum Gasteiger partial charge on any atom is 0 e. The van der Waals surface area contributed by atoms with Crippen LogP contribution in [0.2, 0.25) is 0 Å². The minimum atomic E-state index is 0. The van der Waals surface area contributed by atoms with Gasteiger partial charge in [0.25, 0.3) is 0 Å². The molecule has 0 amide bonds. The molecule has 0 aliphatic heterocycles. The third-order valence-corrected chi connectivity index (χ3v) is 2.35. The Hall–Kier alpha value is 0.150. The summed E-state index contributed by atoms with van der Waals surface area (Å²) < 4.78 is 0. The van der Waals surface area contributed by atoms with Crippen molar-refractivity contribution in [2.75, 3.05) is 0 Å². The SMILES string of the molecule is CC1=[C-]C(C)C=C1c1ccccc1.Cl.Cl.[Hf]. The van der Waals surface area contributed by atoms with E-state index in [1.165, 1.54) is 16.7 Å². The van der Waals surface area contributed by atoms with E-state index >= 15 is 0 Å². The van der Waals surface area contributed by atoms with Gasteiger partial charge in [0.1, 0.15) is 0 Å². The van der Waals surface area contributed by atoms with Crippen LogP contribution in [0.3, 0.4) is 0 Å². The molecule has 0 saturated carbocycles. The van der Waals surface area contributed by atoms with Gasteiger partial charge in [-0.05, 0) is 0 Å². The first-order valence-electron chi connectivity index (χ1n) is 4.65. The predicted molar refractivity (Wildman–Crippen MR) is 70.5 cm³/mol. The van der Waals surface area contributed by atoms with E-state index in [0.29, 0.717) is 5.92 Å². The Kier molecular flexibility index (Phi) is 9.57. The Balaban J connectivity index is 0. The van der Waals surface area contributed by atoms with E-state index in [-0.39, 0.29) is 50.7 Å². The first kappa shape index (κ1) is 18.5. The van der Waals surface area contributed by atoms with Crippen molar-refractivity contribution >= 4 is 30.4 Å². The second-order valence-corrected chi connectivity index (χ2v) is 3.50. The molecule has 2 rings (SSSR count). The van der Waals surface area contributed by atoms with Crippen LogP contribution in [0, 0.1) is 12.0 Å². The quantitative estimate of drug-likeness (QED) is 0.469. The van der Waals surface area contributed by atoms with Gasteiger partial charge in [-0.1, -0.05) is 50.1 Å². The van der Waals surface area contributed by atoms with Crippen LogP contribution in [0.4, 0.5) is 0 Å². The molecule has 0 heterocycles. The summed E-state index contributed by atoms with van der Waals surface area (Å²) >= 11 is 0. The molecule has 0 aromatic heterocycles. The summed E-state index contributed by atoms with van der Waals surface area (Å²) in [4.78, 5) is 0. The Bertz CT molecular complexity index is 369. The summed E-state index contributed by atoms with van der Waals surface area (Å²) in [7, 11) is 0. The number of halogens is 2. The molecule has 86 valence electrons. The van der Waals surface area contributed by atoms with Gasteiger partial charge in [-0.2, -0.15) is 11.6 Å². The average Bonchev–Trinajstić information content (AvgIpc) is 2.47. The first-order valence-corrected chi connectivity index (χ1v) is 4.65. The molecular formula is C13H15Cl2Hf-. The van der Waals surface area contributed by atoms with Gasteiger partial charge >= 0.3 is 0 Å². The smallest absolute Gasteiger partial charge is 0 e. The minimum absolute atomic E-state index is 0. The predicted octanol–water partition coefficient (Wildman–Crippen LogP) is 4.31. The topological polar surface area (TPSA) is 0 Å². The number of hydrogen-bond donors (Lipinski definition) is 0.